The van der Waals surface area contributed by atoms with Crippen molar-refractivity contribution in [3.63, 3.8) is 0 Å². The van der Waals surface area contributed by atoms with Crippen LogP contribution < -0.4 is 14.2 Å². The van der Waals surface area contributed by atoms with Crippen molar-refractivity contribution in [1.29, 1.82) is 5.26 Å². The molecule has 6 heteroatoms. The normalized spacial score (nSPS) is 12.7. The van der Waals surface area contributed by atoms with Crippen molar-refractivity contribution in [2.45, 2.75) is 19.8 Å². The third-order valence-electron chi connectivity index (χ3n) is 3.06. The second-order valence-electron chi connectivity index (χ2n) is 4.62. The molecule has 2 rings (SSSR count). The number of carbonyl (C=O) groups excluding carboxylic acids is 1. The van der Waals surface area contributed by atoms with Crippen molar-refractivity contribution in [3.05, 3.63) is 23.3 Å². The van der Waals surface area contributed by atoms with Gasteiger partial charge in [-0.2, -0.15) is 5.26 Å². The summed E-state index contributed by atoms with van der Waals surface area (Å²) < 4.78 is 20.9. The lowest BCUT2D eigenvalue weighted by molar-refractivity contribution is -0.138. The molecule has 0 aliphatic carbocycles. The Morgan fingerprint density at radius 1 is 1.45 bits per heavy atom. The molecule has 1 aromatic carbocycles. The largest absolute Gasteiger partial charge is 0.493 e. The number of nitriles is 1. The maximum Gasteiger partial charge on any atom is 0.348 e. The average Bonchev–Trinajstić information content (AvgIpc) is 3.00. The summed E-state index contributed by atoms with van der Waals surface area (Å²) in [4.78, 5) is 11.8. The summed E-state index contributed by atoms with van der Waals surface area (Å²) >= 11 is 0. The van der Waals surface area contributed by atoms with E-state index in [1.54, 1.807) is 12.1 Å². The number of unbranched alkanes of at least 4 members (excludes halogenated alkanes) is 1. The first-order valence-corrected chi connectivity index (χ1v) is 6.96. The van der Waals surface area contributed by atoms with Gasteiger partial charge in [-0.05, 0) is 30.2 Å². The van der Waals surface area contributed by atoms with Crippen LogP contribution in [-0.4, -0.2) is 26.5 Å². The summed E-state index contributed by atoms with van der Waals surface area (Å²) in [6.07, 6.45) is 3.12. The van der Waals surface area contributed by atoms with Crippen molar-refractivity contribution in [2.75, 3.05) is 20.5 Å². The zero-order valence-electron chi connectivity index (χ0n) is 12.5. The van der Waals surface area contributed by atoms with Crippen LogP contribution in [0.15, 0.2) is 17.7 Å². The van der Waals surface area contributed by atoms with E-state index in [-0.39, 0.29) is 12.4 Å². The molecule has 0 radical (unpaired) electrons. The van der Waals surface area contributed by atoms with Gasteiger partial charge >= 0.3 is 5.97 Å². The van der Waals surface area contributed by atoms with Gasteiger partial charge < -0.3 is 18.9 Å². The Balaban J connectivity index is 2.23. The highest BCUT2D eigenvalue weighted by Gasteiger charge is 2.20. The number of ether oxygens (including phenoxy) is 4. The van der Waals surface area contributed by atoms with Crippen LogP contribution in [0.5, 0.6) is 17.2 Å². The molecule has 6 nitrogen and oxygen atoms in total. The zero-order valence-corrected chi connectivity index (χ0v) is 12.5. The molecule has 116 valence electrons. The molecule has 0 amide bonds. The number of hydrogen-bond acceptors (Lipinski definition) is 6. The van der Waals surface area contributed by atoms with Gasteiger partial charge in [0.25, 0.3) is 0 Å². The second kappa shape index (κ2) is 7.36. The monoisotopic (exact) mass is 303 g/mol. The van der Waals surface area contributed by atoms with Gasteiger partial charge in [0.15, 0.2) is 11.5 Å². The van der Waals surface area contributed by atoms with E-state index in [0.29, 0.717) is 29.4 Å². The van der Waals surface area contributed by atoms with Crippen molar-refractivity contribution < 1.29 is 23.7 Å². The molecule has 0 aromatic heterocycles. The topological polar surface area (TPSA) is 77.8 Å². The second-order valence-corrected chi connectivity index (χ2v) is 4.62. The van der Waals surface area contributed by atoms with E-state index in [0.717, 1.165) is 12.8 Å². The molecule has 0 saturated carbocycles. The summed E-state index contributed by atoms with van der Waals surface area (Å²) in [7, 11) is 1.51. The molecule has 0 saturated heterocycles. The lowest BCUT2D eigenvalue weighted by Crippen LogP contribution is -2.07. The Bertz CT molecular complexity index is 630. The molecule has 0 atom stereocenters. The molecule has 1 aliphatic rings. The number of carbonyl (C=O) groups is 1. The van der Waals surface area contributed by atoms with E-state index in [9.17, 15) is 4.79 Å². The number of methoxy groups -OCH3 is 1. The van der Waals surface area contributed by atoms with E-state index in [4.69, 9.17) is 24.2 Å². The molecule has 0 spiro atoms. The molecule has 0 bridgehead atoms. The number of fused-ring (bicyclic) bond motifs is 1. The summed E-state index contributed by atoms with van der Waals surface area (Å²) in [5.74, 6) is 0.886. The van der Waals surface area contributed by atoms with Crippen LogP contribution in [0, 0.1) is 11.3 Å². The Morgan fingerprint density at radius 2 is 2.27 bits per heavy atom. The van der Waals surface area contributed by atoms with Crippen LogP contribution in [0.25, 0.3) is 6.08 Å². The van der Waals surface area contributed by atoms with Crippen molar-refractivity contribution in [2.24, 2.45) is 0 Å². The van der Waals surface area contributed by atoms with Gasteiger partial charge in [0.05, 0.1) is 13.7 Å². The Morgan fingerprint density at radius 3 is 2.95 bits per heavy atom. The van der Waals surface area contributed by atoms with Crippen molar-refractivity contribution in [1.82, 2.24) is 0 Å². The minimum absolute atomic E-state index is 0.0722. The summed E-state index contributed by atoms with van der Waals surface area (Å²) in [6.45, 7) is 2.41. The van der Waals surface area contributed by atoms with E-state index < -0.39 is 5.97 Å². The first-order chi connectivity index (χ1) is 10.7. The predicted molar refractivity (Wildman–Crippen MR) is 78.6 cm³/mol. The Kier molecular flexibility index (Phi) is 5.26. The zero-order chi connectivity index (χ0) is 15.9. The molecule has 1 aromatic rings. The van der Waals surface area contributed by atoms with Gasteiger partial charge in [-0.25, -0.2) is 4.79 Å². The van der Waals surface area contributed by atoms with Crippen LogP contribution in [0.4, 0.5) is 0 Å². The van der Waals surface area contributed by atoms with Gasteiger partial charge in [0.1, 0.15) is 11.6 Å². The van der Waals surface area contributed by atoms with E-state index in [1.807, 2.05) is 13.0 Å². The first-order valence-electron chi connectivity index (χ1n) is 6.96. The first kappa shape index (κ1) is 15.7. The summed E-state index contributed by atoms with van der Waals surface area (Å²) in [6, 6.07) is 5.21. The average molecular weight is 303 g/mol. The standard InChI is InChI=1S/C16H17NO5/c1-3-4-5-20-16(18)12(9-17)6-11-7-13(19-2)15-14(8-11)21-10-22-15/h6-8H,3-5,10H2,1-2H3/b12-6+. The van der Waals surface area contributed by atoms with Gasteiger partial charge in [-0.15, -0.1) is 0 Å². The minimum atomic E-state index is -0.632. The molecule has 1 aliphatic heterocycles. The Hall–Kier alpha value is -2.68. The highest BCUT2D eigenvalue weighted by Crippen LogP contribution is 2.42. The number of nitrogens with zero attached hydrogens (tertiary/aromatic N) is 1. The van der Waals surface area contributed by atoms with Crippen LogP contribution in [0.3, 0.4) is 0 Å². The van der Waals surface area contributed by atoms with Gasteiger partial charge in [0, 0.05) is 0 Å². The van der Waals surface area contributed by atoms with E-state index in [1.165, 1.54) is 13.2 Å². The van der Waals surface area contributed by atoms with E-state index >= 15 is 0 Å². The number of esters is 1. The number of hydrogen-bond donors (Lipinski definition) is 0. The van der Waals surface area contributed by atoms with Gasteiger partial charge in [-0.1, -0.05) is 13.3 Å². The van der Waals surface area contributed by atoms with Crippen LogP contribution in [0.2, 0.25) is 0 Å². The summed E-state index contributed by atoms with van der Waals surface area (Å²) in [5, 5.41) is 9.13. The fourth-order valence-electron chi connectivity index (χ4n) is 1.92. The van der Waals surface area contributed by atoms with Crippen molar-refractivity contribution >= 4 is 12.0 Å². The molecule has 0 fully saturated rings. The van der Waals surface area contributed by atoms with E-state index in [2.05, 4.69) is 0 Å². The number of rotatable bonds is 6. The lowest BCUT2D eigenvalue weighted by Gasteiger charge is -2.06. The SMILES string of the molecule is CCCCOC(=O)/C(C#N)=C/c1cc(OC)c2c(c1)OCO2. The molecular formula is C16H17NO5. The van der Waals surface area contributed by atoms with Crippen LogP contribution in [0.1, 0.15) is 25.3 Å². The molecule has 0 N–H and O–H groups in total. The summed E-state index contributed by atoms with van der Waals surface area (Å²) in [5.41, 5.74) is 0.530. The predicted octanol–water partition coefficient (Wildman–Crippen LogP) is 2.67. The quantitative estimate of drug-likeness (QED) is 0.348. The van der Waals surface area contributed by atoms with Gasteiger partial charge in [-0.3, -0.25) is 0 Å². The van der Waals surface area contributed by atoms with Crippen LogP contribution >= 0.6 is 0 Å². The molecular weight excluding hydrogens is 286 g/mol. The van der Waals surface area contributed by atoms with Crippen molar-refractivity contribution in [3.8, 4) is 23.3 Å². The highest BCUT2D eigenvalue weighted by molar-refractivity contribution is 5.98. The highest BCUT2D eigenvalue weighted by atomic mass is 16.7. The molecule has 0 unspecified atom stereocenters. The fourth-order valence-corrected chi connectivity index (χ4v) is 1.92. The van der Waals surface area contributed by atoms with Crippen LogP contribution in [-0.2, 0) is 9.53 Å². The van der Waals surface area contributed by atoms with Gasteiger partial charge in [0.2, 0.25) is 12.5 Å². The maximum atomic E-state index is 11.8. The fraction of sp³-hybridized carbons (Fsp3) is 0.375. The smallest absolute Gasteiger partial charge is 0.348 e. The minimum Gasteiger partial charge on any atom is -0.493 e. The maximum absolute atomic E-state index is 11.8. The third-order valence-corrected chi connectivity index (χ3v) is 3.06. The lowest BCUT2D eigenvalue weighted by atomic mass is 10.1. The molecule has 1 heterocycles. The third kappa shape index (κ3) is 3.50. The molecule has 22 heavy (non-hydrogen) atoms. The number of benzene rings is 1. The Labute approximate surface area is 128 Å².